The van der Waals surface area contributed by atoms with Gasteiger partial charge in [-0.2, -0.15) is 0 Å². The van der Waals surface area contributed by atoms with Crippen LogP contribution < -0.4 is 30.6 Å². The number of hydrogen-bond acceptors (Lipinski definition) is 7. The van der Waals surface area contributed by atoms with Crippen LogP contribution >= 0.6 is 0 Å². The highest BCUT2D eigenvalue weighted by atomic mass is 16.5. The van der Waals surface area contributed by atoms with Crippen molar-refractivity contribution in [1.29, 1.82) is 0 Å². The van der Waals surface area contributed by atoms with Crippen molar-refractivity contribution >= 4 is 34.9 Å². The highest BCUT2D eigenvalue weighted by Gasteiger charge is 2.14. The lowest BCUT2D eigenvalue weighted by Crippen LogP contribution is -2.10. The fourth-order valence-electron chi connectivity index (χ4n) is 3.06. The van der Waals surface area contributed by atoms with Crippen molar-refractivity contribution in [2.24, 2.45) is 0 Å². The Morgan fingerprint density at radius 1 is 1.03 bits per heavy atom. The second kappa shape index (κ2) is 10.2. The predicted molar refractivity (Wildman–Crippen MR) is 127 cm³/mol. The number of ether oxygens (including phenoxy) is 3. The van der Waals surface area contributed by atoms with E-state index in [0.717, 1.165) is 5.56 Å². The van der Waals surface area contributed by atoms with E-state index in [9.17, 15) is 4.79 Å². The average molecular weight is 434 g/mol. The molecule has 0 atom stereocenters. The molecular formula is C24H26N4O4. The van der Waals surface area contributed by atoms with Crippen molar-refractivity contribution in [1.82, 2.24) is 4.98 Å². The second-order valence-electron chi connectivity index (χ2n) is 6.89. The number of carbonyl (C=O) groups excluding carboxylic acids is 1. The summed E-state index contributed by atoms with van der Waals surface area (Å²) in [6.07, 6.45) is 4.76. The van der Waals surface area contributed by atoms with Crippen molar-refractivity contribution in [3.05, 3.63) is 65.9 Å². The van der Waals surface area contributed by atoms with E-state index < -0.39 is 0 Å². The molecule has 3 aromatic rings. The topological polar surface area (TPSA) is 108 Å². The Hall–Kier alpha value is -4.20. The molecule has 4 N–H and O–H groups in total. The minimum absolute atomic E-state index is 0.301. The maximum atomic E-state index is 12.4. The summed E-state index contributed by atoms with van der Waals surface area (Å²) >= 11 is 0. The number of aryl methyl sites for hydroxylation is 1. The fourth-order valence-corrected chi connectivity index (χ4v) is 3.06. The molecule has 1 amide bonds. The normalized spacial score (nSPS) is 10.6. The number of nitrogen functional groups attached to an aromatic ring is 1. The van der Waals surface area contributed by atoms with Crippen LogP contribution in [0.3, 0.4) is 0 Å². The molecule has 0 bridgehead atoms. The molecule has 8 heteroatoms. The SMILES string of the molecule is COc1cc(Nc2ncccc2/C=C/C(=O)Nc2cc(C)ccc2N)cc(OC)c1OC. The van der Waals surface area contributed by atoms with E-state index in [1.54, 1.807) is 57.9 Å². The fraction of sp³-hybridized carbons (Fsp3) is 0.167. The molecule has 2 aromatic carbocycles. The van der Waals surface area contributed by atoms with Crippen molar-refractivity contribution in [2.45, 2.75) is 6.92 Å². The van der Waals surface area contributed by atoms with Gasteiger partial charge in [0.2, 0.25) is 11.7 Å². The molecule has 0 saturated heterocycles. The third-order valence-corrected chi connectivity index (χ3v) is 4.65. The first-order chi connectivity index (χ1) is 15.4. The van der Waals surface area contributed by atoms with Gasteiger partial charge in [-0.15, -0.1) is 0 Å². The van der Waals surface area contributed by atoms with Crippen LogP contribution in [-0.2, 0) is 4.79 Å². The molecule has 1 aromatic heterocycles. The Labute approximate surface area is 187 Å². The lowest BCUT2D eigenvalue weighted by atomic mass is 10.2. The van der Waals surface area contributed by atoms with Crippen LogP contribution in [0, 0.1) is 6.92 Å². The van der Waals surface area contributed by atoms with Crippen molar-refractivity contribution in [2.75, 3.05) is 37.7 Å². The number of nitrogens with zero attached hydrogens (tertiary/aromatic N) is 1. The summed E-state index contributed by atoms with van der Waals surface area (Å²) in [5, 5.41) is 6.03. The number of benzene rings is 2. The van der Waals surface area contributed by atoms with E-state index in [-0.39, 0.29) is 5.91 Å². The first kappa shape index (κ1) is 22.5. The standard InChI is InChI=1S/C24H26N4O4/c1-15-7-9-18(25)19(12-15)28-22(29)10-8-16-6-5-11-26-24(16)27-17-13-20(30-2)23(32-4)21(14-17)31-3/h5-14H,25H2,1-4H3,(H,26,27)(H,28,29)/b10-8+. The van der Waals surface area contributed by atoms with Gasteiger partial charge < -0.3 is 30.6 Å². The molecule has 0 aliphatic heterocycles. The third kappa shape index (κ3) is 5.28. The average Bonchev–Trinajstić information content (AvgIpc) is 2.80. The molecule has 0 radical (unpaired) electrons. The number of anilines is 4. The first-order valence-electron chi connectivity index (χ1n) is 9.82. The highest BCUT2D eigenvalue weighted by Crippen LogP contribution is 2.40. The first-order valence-corrected chi connectivity index (χ1v) is 9.82. The van der Waals surface area contributed by atoms with Crippen LogP contribution in [0.2, 0.25) is 0 Å². The van der Waals surface area contributed by atoms with E-state index in [1.807, 2.05) is 25.1 Å². The molecule has 0 aliphatic carbocycles. The quantitative estimate of drug-likeness (QED) is 0.356. The number of nitrogens with two attached hydrogens (primary N) is 1. The third-order valence-electron chi connectivity index (χ3n) is 4.65. The van der Waals surface area contributed by atoms with Crippen LogP contribution in [0.5, 0.6) is 17.2 Å². The van der Waals surface area contributed by atoms with Crippen LogP contribution in [0.15, 0.2) is 54.7 Å². The summed E-state index contributed by atoms with van der Waals surface area (Å²) in [4.78, 5) is 16.8. The maximum Gasteiger partial charge on any atom is 0.248 e. The maximum absolute atomic E-state index is 12.4. The summed E-state index contributed by atoms with van der Waals surface area (Å²) in [7, 11) is 4.65. The summed E-state index contributed by atoms with van der Waals surface area (Å²) in [6, 6.07) is 12.7. The minimum Gasteiger partial charge on any atom is -0.493 e. The molecule has 3 rings (SSSR count). The Balaban J connectivity index is 1.82. The largest absolute Gasteiger partial charge is 0.493 e. The van der Waals surface area contributed by atoms with Gasteiger partial charge >= 0.3 is 0 Å². The summed E-state index contributed by atoms with van der Waals surface area (Å²) in [6.45, 7) is 1.93. The lowest BCUT2D eigenvalue weighted by molar-refractivity contribution is -0.111. The zero-order valence-electron chi connectivity index (χ0n) is 18.4. The Morgan fingerprint density at radius 2 is 1.75 bits per heavy atom. The van der Waals surface area contributed by atoms with Crippen LogP contribution in [-0.4, -0.2) is 32.2 Å². The molecule has 1 heterocycles. The minimum atomic E-state index is -0.301. The van der Waals surface area contributed by atoms with Crippen LogP contribution in [0.25, 0.3) is 6.08 Å². The van der Waals surface area contributed by atoms with Gasteiger partial charge in [0.25, 0.3) is 0 Å². The molecule has 0 saturated carbocycles. The van der Waals surface area contributed by atoms with E-state index in [4.69, 9.17) is 19.9 Å². The van der Waals surface area contributed by atoms with Gasteiger partial charge in [0.15, 0.2) is 11.5 Å². The number of rotatable bonds is 8. The van der Waals surface area contributed by atoms with Crippen LogP contribution in [0.4, 0.5) is 22.9 Å². The smallest absolute Gasteiger partial charge is 0.248 e. The number of aromatic nitrogens is 1. The highest BCUT2D eigenvalue weighted by molar-refractivity contribution is 6.04. The summed E-state index contributed by atoms with van der Waals surface area (Å²) in [5.41, 5.74) is 9.41. The number of hydrogen-bond donors (Lipinski definition) is 3. The monoisotopic (exact) mass is 434 g/mol. The number of methoxy groups -OCH3 is 3. The molecule has 0 unspecified atom stereocenters. The van der Waals surface area contributed by atoms with E-state index in [1.165, 1.54) is 6.08 Å². The Kier molecular flexibility index (Phi) is 7.17. The molecule has 32 heavy (non-hydrogen) atoms. The van der Waals surface area contributed by atoms with Crippen molar-refractivity contribution < 1.29 is 19.0 Å². The lowest BCUT2D eigenvalue weighted by Gasteiger charge is -2.15. The molecule has 0 aliphatic rings. The van der Waals surface area contributed by atoms with Gasteiger partial charge in [-0.1, -0.05) is 6.07 Å². The van der Waals surface area contributed by atoms with Gasteiger partial charge in [-0.25, -0.2) is 4.98 Å². The van der Waals surface area contributed by atoms with E-state index in [0.29, 0.717) is 45.7 Å². The number of nitrogens with one attached hydrogen (secondary N) is 2. The number of carbonyl (C=O) groups is 1. The molecule has 8 nitrogen and oxygen atoms in total. The van der Waals surface area contributed by atoms with E-state index in [2.05, 4.69) is 15.6 Å². The Morgan fingerprint density at radius 3 is 2.41 bits per heavy atom. The Bertz CT molecular complexity index is 1120. The van der Waals surface area contributed by atoms with Gasteiger partial charge in [0, 0.05) is 35.7 Å². The zero-order valence-corrected chi connectivity index (χ0v) is 18.4. The van der Waals surface area contributed by atoms with Gasteiger partial charge in [-0.3, -0.25) is 4.79 Å². The second-order valence-corrected chi connectivity index (χ2v) is 6.89. The number of pyridine rings is 1. The molecule has 0 spiro atoms. The van der Waals surface area contributed by atoms with Crippen molar-refractivity contribution in [3.8, 4) is 17.2 Å². The molecular weight excluding hydrogens is 408 g/mol. The molecule has 0 fully saturated rings. The van der Waals surface area contributed by atoms with Gasteiger partial charge in [0.1, 0.15) is 5.82 Å². The predicted octanol–water partition coefficient (Wildman–Crippen LogP) is 4.39. The summed E-state index contributed by atoms with van der Waals surface area (Å²) in [5.74, 6) is 1.77. The van der Waals surface area contributed by atoms with Crippen molar-refractivity contribution in [3.63, 3.8) is 0 Å². The van der Waals surface area contributed by atoms with E-state index >= 15 is 0 Å². The summed E-state index contributed by atoms with van der Waals surface area (Å²) < 4.78 is 16.2. The number of amides is 1. The van der Waals surface area contributed by atoms with Gasteiger partial charge in [0.05, 0.1) is 32.7 Å². The zero-order chi connectivity index (χ0) is 23.1. The van der Waals surface area contributed by atoms with Crippen LogP contribution in [0.1, 0.15) is 11.1 Å². The van der Waals surface area contributed by atoms with Gasteiger partial charge in [-0.05, 0) is 42.8 Å². The molecule has 166 valence electrons.